The van der Waals surface area contributed by atoms with Crippen LogP contribution in [0.2, 0.25) is 0 Å². The number of allylic oxidation sites excluding steroid dienone is 1. The molecular weight excluding hydrogens is 192 g/mol. The van der Waals surface area contributed by atoms with Gasteiger partial charge in [0.2, 0.25) is 0 Å². The van der Waals surface area contributed by atoms with E-state index in [4.69, 9.17) is 0 Å². The molecule has 0 amide bonds. The van der Waals surface area contributed by atoms with Gasteiger partial charge in [-0.05, 0) is 18.2 Å². The molecule has 0 unspecified atom stereocenters. The van der Waals surface area contributed by atoms with Crippen LogP contribution in [0.3, 0.4) is 0 Å². The minimum Gasteiger partial charge on any atom is -0.354 e. The summed E-state index contributed by atoms with van der Waals surface area (Å²) in [5.74, 6) is 0. The van der Waals surface area contributed by atoms with Crippen molar-refractivity contribution in [3.63, 3.8) is 0 Å². The average molecular weight is 200 g/mol. The van der Waals surface area contributed by atoms with Crippen molar-refractivity contribution in [3.05, 3.63) is 36.0 Å². The van der Waals surface area contributed by atoms with E-state index in [1.165, 1.54) is 27.7 Å². The lowest BCUT2D eigenvalue weighted by Crippen LogP contribution is -1.70. The van der Waals surface area contributed by atoms with Crippen LogP contribution in [0.4, 0.5) is 0 Å². The Morgan fingerprint density at radius 2 is 2.14 bits per heavy atom. The van der Waals surface area contributed by atoms with Crippen LogP contribution < -0.4 is 0 Å². The van der Waals surface area contributed by atoms with E-state index in [0.717, 1.165) is 5.69 Å². The van der Waals surface area contributed by atoms with Crippen LogP contribution in [-0.2, 0) is 0 Å². The smallest absolute Gasteiger partial charge is 0.0633 e. The maximum absolute atomic E-state index is 4.22. The van der Waals surface area contributed by atoms with Crippen LogP contribution >= 0.6 is 11.9 Å². The third kappa shape index (κ3) is 1.09. The number of nitrogens with one attached hydrogen (secondary N) is 1. The molecule has 14 heavy (non-hydrogen) atoms. The Kier molecular flexibility index (Phi) is 1.70. The summed E-state index contributed by atoms with van der Waals surface area (Å²) in [6, 6.07) is 8.29. The maximum Gasteiger partial charge on any atom is 0.0633 e. The van der Waals surface area contributed by atoms with Crippen LogP contribution in [0.15, 0.2) is 39.6 Å². The standard InChI is InChI=1S/C11H8N2S/c1-2-5-9-8(4-1)11-10(13-9)6-3-7-12-14-11/h1-7,13H. The summed E-state index contributed by atoms with van der Waals surface area (Å²) in [6.07, 6.45) is 5.82. The molecule has 0 aliphatic carbocycles. The minimum absolute atomic E-state index is 1.15. The second kappa shape index (κ2) is 3.03. The monoisotopic (exact) mass is 200 g/mol. The van der Waals surface area contributed by atoms with Gasteiger partial charge in [-0.3, -0.25) is 0 Å². The second-order valence-electron chi connectivity index (χ2n) is 3.12. The fourth-order valence-corrected chi connectivity index (χ4v) is 2.34. The molecule has 0 spiro atoms. The van der Waals surface area contributed by atoms with Gasteiger partial charge in [0, 0.05) is 29.1 Å². The zero-order valence-electron chi connectivity index (χ0n) is 7.40. The highest BCUT2D eigenvalue weighted by atomic mass is 32.2. The van der Waals surface area contributed by atoms with Crippen LogP contribution in [0.1, 0.15) is 5.69 Å². The van der Waals surface area contributed by atoms with Crippen LogP contribution in [0, 0.1) is 0 Å². The number of benzene rings is 1. The number of aromatic amines is 1. The second-order valence-corrected chi connectivity index (χ2v) is 3.92. The zero-order chi connectivity index (χ0) is 9.38. The lowest BCUT2D eigenvalue weighted by molar-refractivity contribution is 1.36. The molecule has 2 nitrogen and oxygen atoms in total. The Morgan fingerprint density at radius 1 is 1.21 bits per heavy atom. The summed E-state index contributed by atoms with van der Waals surface area (Å²) in [5, 5.41) is 1.25. The highest BCUT2D eigenvalue weighted by Crippen LogP contribution is 2.33. The molecule has 0 bridgehead atoms. The van der Waals surface area contributed by atoms with Crippen molar-refractivity contribution in [1.82, 2.24) is 4.98 Å². The van der Waals surface area contributed by atoms with Gasteiger partial charge in [0.05, 0.1) is 10.6 Å². The van der Waals surface area contributed by atoms with Gasteiger partial charge in [-0.2, -0.15) is 0 Å². The van der Waals surface area contributed by atoms with Crippen molar-refractivity contribution in [1.29, 1.82) is 0 Å². The first-order valence-electron chi connectivity index (χ1n) is 4.43. The highest BCUT2D eigenvalue weighted by Gasteiger charge is 2.09. The first-order valence-corrected chi connectivity index (χ1v) is 5.20. The van der Waals surface area contributed by atoms with Crippen LogP contribution in [0.25, 0.3) is 17.0 Å². The van der Waals surface area contributed by atoms with E-state index in [-0.39, 0.29) is 0 Å². The number of H-pyrrole nitrogens is 1. The number of hydrogen-bond donors (Lipinski definition) is 1. The van der Waals surface area contributed by atoms with Gasteiger partial charge in [-0.1, -0.05) is 18.2 Å². The zero-order valence-corrected chi connectivity index (χ0v) is 8.21. The van der Waals surface area contributed by atoms with Gasteiger partial charge in [0.1, 0.15) is 0 Å². The molecule has 68 valence electrons. The summed E-state index contributed by atoms with van der Waals surface area (Å²) in [5.41, 5.74) is 2.32. The van der Waals surface area contributed by atoms with Gasteiger partial charge in [0.15, 0.2) is 0 Å². The van der Waals surface area contributed by atoms with Crippen molar-refractivity contribution < 1.29 is 0 Å². The van der Waals surface area contributed by atoms with Crippen molar-refractivity contribution in [2.75, 3.05) is 0 Å². The molecule has 1 aromatic heterocycles. The Hall–Kier alpha value is -1.48. The van der Waals surface area contributed by atoms with E-state index < -0.39 is 0 Å². The Bertz CT molecular complexity index is 537. The van der Waals surface area contributed by atoms with Gasteiger partial charge in [0.25, 0.3) is 0 Å². The van der Waals surface area contributed by atoms with Gasteiger partial charge < -0.3 is 4.98 Å². The molecule has 2 heterocycles. The summed E-state index contributed by atoms with van der Waals surface area (Å²) < 4.78 is 4.22. The molecule has 1 aliphatic rings. The Labute approximate surface area is 85.9 Å². The molecule has 1 aliphatic heterocycles. The largest absolute Gasteiger partial charge is 0.354 e. The molecule has 1 aromatic carbocycles. The predicted molar refractivity (Wildman–Crippen MR) is 61.7 cm³/mol. The number of para-hydroxylation sites is 1. The number of nitrogens with zero attached hydrogens (tertiary/aromatic N) is 1. The highest BCUT2D eigenvalue weighted by molar-refractivity contribution is 7.98. The van der Waals surface area contributed by atoms with Gasteiger partial charge in [-0.15, -0.1) is 0 Å². The van der Waals surface area contributed by atoms with Crippen LogP contribution in [0.5, 0.6) is 0 Å². The molecule has 0 atom stereocenters. The number of rotatable bonds is 0. The number of aromatic nitrogens is 1. The summed E-state index contributed by atoms with van der Waals surface area (Å²) in [6.45, 7) is 0. The van der Waals surface area contributed by atoms with Crippen molar-refractivity contribution in [2.45, 2.75) is 4.90 Å². The minimum atomic E-state index is 1.15. The third-order valence-electron chi connectivity index (χ3n) is 2.24. The third-order valence-corrected chi connectivity index (χ3v) is 3.09. The van der Waals surface area contributed by atoms with E-state index in [2.05, 4.69) is 33.7 Å². The summed E-state index contributed by atoms with van der Waals surface area (Å²) in [4.78, 5) is 4.58. The molecule has 1 N–H and O–H groups in total. The normalized spacial score (nSPS) is 14.3. The molecule has 0 saturated heterocycles. The van der Waals surface area contributed by atoms with E-state index in [9.17, 15) is 0 Å². The molecular formula is C11H8N2S. The lowest BCUT2D eigenvalue weighted by Gasteiger charge is -1.92. The fraction of sp³-hybridized carbons (Fsp3) is 0. The van der Waals surface area contributed by atoms with E-state index >= 15 is 0 Å². The quantitative estimate of drug-likeness (QED) is 0.649. The Morgan fingerprint density at radius 3 is 3.14 bits per heavy atom. The van der Waals surface area contributed by atoms with Gasteiger partial charge in [-0.25, -0.2) is 4.40 Å². The predicted octanol–water partition coefficient (Wildman–Crippen LogP) is 3.27. The molecule has 3 heteroatoms. The van der Waals surface area contributed by atoms with Crippen molar-refractivity contribution in [3.8, 4) is 0 Å². The van der Waals surface area contributed by atoms with Gasteiger partial charge >= 0.3 is 0 Å². The molecule has 0 saturated carbocycles. The SMILES string of the molecule is C1=Cc2[nH]c3ccccc3c2SN=C1. The number of fused-ring (bicyclic) bond motifs is 3. The molecule has 3 rings (SSSR count). The summed E-state index contributed by atoms with van der Waals surface area (Å²) >= 11 is 1.52. The van der Waals surface area contributed by atoms with Crippen molar-refractivity contribution in [2.24, 2.45) is 4.40 Å². The van der Waals surface area contributed by atoms with E-state index in [0.29, 0.717) is 0 Å². The molecule has 2 aromatic rings. The first-order chi connectivity index (χ1) is 6.95. The lowest BCUT2D eigenvalue weighted by atomic mass is 10.2. The molecule has 0 radical (unpaired) electrons. The molecule has 0 fully saturated rings. The topological polar surface area (TPSA) is 28.1 Å². The van der Waals surface area contributed by atoms with Crippen LogP contribution in [-0.4, -0.2) is 11.2 Å². The fourth-order valence-electron chi connectivity index (χ4n) is 1.61. The Balaban J connectivity index is 2.37. The van der Waals surface area contributed by atoms with Crippen molar-refractivity contribution >= 4 is 35.1 Å². The first kappa shape index (κ1) is 7.88. The number of hydrogen-bond acceptors (Lipinski definition) is 2. The van der Waals surface area contributed by atoms with E-state index in [1.54, 1.807) is 0 Å². The maximum atomic E-state index is 4.22. The average Bonchev–Trinajstić information content (AvgIpc) is 2.42. The summed E-state index contributed by atoms with van der Waals surface area (Å²) in [7, 11) is 0. The van der Waals surface area contributed by atoms with E-state index in [1.807, 2.05) is 18.4 Å².